The summed E-state index contributed by atoms with van der Waals surface area (Å²) in [5, 5.41) is 3.86. The molecule has 0 bridgehead atoms. The molecule has 1 N–H and O–H groups in total. The smallest absolute Gasteiger partial charge is 0.122 e. The van der Waals surface area contributed by atoms with Gasteiger partial charge in [-0.2, -0.15) is 0 Å². The van der Waals surface area contributed by atoms with Crippen molar-refractivity contribution in [3.05, 3.63) is 29.3 Å². The third-order valence-corrected chi connectivity index (χ3v) is 5.11. The van der Waals surface area contributed by atoms with Crippen LogP contribution in [0.3, 0.4) is 0 Å². The lowest BCUT2D eigenvalue weighted by Crippen LogP contribution is -2.40. The molecule has 2 aliphatic rings. The Hall–Kier alpha value is -1.02. The topological polar surface area (TPSA) is 21.3 Å². The molecule has 4 unspecified atom stereocenters. The SMILES string of the molecule is CC1CCC(NC(C)c2ccc3c(c2)CCO3)C(C)C1. The van der Waals surface area contributed by atoms with Crippen molar-refractivity contribution in [2.45, 2.75) is 58.5 Å². The zero-order valence-electron chi connectivity index (χ0n) is 13.0. The largest absolute Gasteiger partial charge is 0.493 e. The van der Waals surface area contributed by atoms with Gasteiger partial charge in [-0.15, -0.1) is 0 Å². The van der Waals surface area contributed by atoms with E-state index >= 15 is 0 Å². The van der Waals surface area contributed by atoms with Crippen LogP contribution in [0.5, 0.6) is 5.75 Å². The molecule has 0 amide bonds. The van der Waals surface area contributed by atoms with Gasteiger partial charge in [-0.3, -0.25) is 0 Å². The average Bonchev–Trinajstić information content (AvgIpc) is 2.89. The highest BCUT2D eigenvalue weighted by atomic mass is 16.5. The second kappa shape index (κ2) is 5.77. The first-order valence-corrected chi connectivity index (χ1v) is 8.15. The van der Waals surface area contributed by atoms with Crippen LogP contribution in [0, 0.1) is 11.8 Å². The number of rotatable bonds is 3. The molecule has 2 heteroatoms. The minimum absolute atomic E-state index is 0.432. The second-order valence-electron chi connectivity index (χ2n) is 6.86. The summed E-state index contributed by atoms with van der Waals surface area (Å²) in [7, 11) is 0. The molecule has 1 fully saturated rings. The molecule has 1 aliphatic carbocycles. The van der Waals surface area contributed by atoms with Crippen molar-refractivity contribution in [1.82, 2.24) is 5.32 Å². The number of ether oxygens (including phenoxy) is 1. The van der Waals surface area contributed by atoms with E-state index < -0.39 is 0 Å². The van der Waals surface area contributed by atoms with Crippen molar-refractivity contribution in [2.24, 2.45) is 11.8 Å². The van der Waals surface area contributed by atoms with Gasteiger partial charge in [-0.1, -0.05) is 26.0 Å². The molecular formula is C18H27NO. The summed E-state index contributed by atoms with van der Waals surface area (Å²) in [6, 6.07) is 7.79. The summed E-state index contributed by atoms with van der Waals surface area (Å²) >= 11 is 0. The number of hydrogen-bond donors (Lipinski definition) is 1. The Kier molecular flexibility index (Phi) is 4.02. The van der Waals surface area contributed by atoms with Gasteiger partial charge in [0.1, 0.15) is 5.75 Å². The normalized spacial score (nSPS) is 30.6. The summed E-state index contributed by atoms with van der Waals surface area (Å²) in [5.74, 6) is 2.77. The Morgan fingerprint density at radius 2 is 2.10 bits per heavy atom. The Labute approximate surface area is 122 Å². The zero-order chi connectivity index (χ0) is 14.1. The quantitative estimate of drug-likeness (QED) is 0.895. The van der Waals surface area contributed by atoms with Gasteiger partial charge in [0.05, 0.1) is 6.61 Å². The lowest BCUT2D eigenvalue weighted by atomic mass is 9.79. The highest BCUT2D eigenvalue weighted by molar-refractivity contribution is 5.40. The Bertz CT molecular complexity index is 470. The van der Waals surface area contributed by atoms with Crippen molar-refractivity contribution in [3.63, 3.8) is 0 Å². The van der Waals surface area contributed by atoms with E-state index in [0.29, 0.717) is 12.1 Å². The van der Waals surface area contributed by atoms with Gasteiger partial charge in [0.2, 0.25) is 0 Å². The van der Waals surface area contributed by atoms with Crippen LogP contribution in [-0.2, 0) is 6.42 Å². The molecule has 0 spiro atoms. The molecule has 3 rings (SSSR count). The Morgan fingerprint density at radius 3 is 2.90 bits per heavy atom. The summed E-state index contributed by atoms with van der Waals surface area (Å²) in [6.07, 6.45) is 5.11. The van der Waals surface area contributed by atoms with Crippen LogP contribution in [0.1, 0.15) is 57.2 Å². The van der Waals surface area contributed by atoms with Crippen molar-refractivity contribution in [3.8, 4) is 5.75 Å². The molecule has 2 nitrogen and oxygen atoms in total. The van der Waals surface area contributed by atoms with Gasteiger partial charge >= 0.3 is 0 Å². The third-order valence-electron chi connectivity index (χ3n) is 5.11. The molecule has 0 saturated heterocycles. The van der Waals surface area contributed by atoms with Crippen LogP contribution in [-0.4, -0.2) is 12.6 Å². The molecule has 4 atom stereocenters. The number of fused-ring (bicyclic) bond motifs is 1. The van der Waals surface area contributed by atoms with Crippen LogP contribution >= 0.6 is 0 Å². The molecular weight excluding hydrogens is 246 g/mol. The summed E-state index contributed by atoms with van der Waals surface area (Å²) in [6.45, 7) is 7.92. The average molecular weight is 273 g/mol. The molecule has 1 aromatic rings. The molecule has 1 aromatic carbocycles. The highest BCUT2D eigenvalue weighted by Gasteiger charge is 2.26. The number of nitrogens with one attached hydrogen (secondary N) is 1. The van der Waals surface area contributed by atoms with Crippen LogP contribution in [0.25, 0.3) is 0 Å². The molecule has 0 aromatic heterocycles. The lowest BCUT2D eigenvalue weighted by Gasteiger charge is -2.35. The Balaban J connectivity index is 1.65. The summed E-state index contributed by atoms with van der Waals surface area (Å²) < 4.78 is 5.59. The standard InChI is InChI=1S/C18H27NO/c1-12-4-6-17(13(2)10-12)19-14(3)15-5-7-18-16(11-15)8-9-20-18/h5,7,11-14,17,19H,4,6,8-10H2,1-3H3. The maximum Gasteiger partial charge on any atom is 0.122 e. The zero-order valence-corrected chi connectivity index (χ0v) is 13.0. The van der Waals surface area contributed by atoms with E-state index in [9.17, 15) is 0 Å². The fourth-order valence-electron chi connectivity index (χ4n) is 3.81. The van der Waals surface area contributed by atoms with Gasteiger partial charge in [-0.05, 0) is 55.2 Å². The maximum atomic E-state index is 5.59. The molecule has 1 saturated carbocycles. The van der Waals surface area contributed by atoms with Gasteiger partial charge in [0, 0.05) is 18.5 Å². The van der Waals surface area contributed by atoms with Crippen molar-refractivity contribution >= 4 is 0 Å². The Morgan fingerprint density at radius 1 is 1.25 bits per heavy atom. The third kappa shape index (κ3) is 2.85. The lowest BCUT2D eigenvalue weighted by molar-refractivity contribution is 0.216. The molecule has 20 heavy (non-hydrogen) atoms. The van der Waals surface area contributed by atoms with Crippen LogP contribution in [0.2, 0.25) is 0 Å². The maximum absolute atomic E-state index is 5.59. The van der Waals surface area contributed by atoms with E-state index in [-0.39, 0.29) is 0 Å². The van der Waals surface area contributed by atoms with E-state index in [1.807, 2.05) is 0 Å². The predicted octanol–water partition coefficient (Wildman–Crippen LogP) is 4.10. The fourth-order valence-corrected chi connectivity index (χ4v) is 3.81. The monoisotopic (exact) mass is 273 g/mol. The summed E-state index contributed by atoms with van der Waals surface area (Å²) in [4.78, 5) is 0. The fraction of sp³-hybridized carbons (Fsp3) is 0.667. The minimum Gasteiger partial charge on any atom is -0.493 e. The van der Waals surface area contributed by atoms with Crippen LogP contribution < -0.4 is 10.1 Å². The number of benzene rings is 1. The van der Waals surface area contributed by atoms with E-state index in [1.165, 1.54) is 30.4 Å². The van der Waals surface area contributed by atoms with Crippen molar-refractivity contribution in [1.29, 1.82) is 0 Å². The van der Waals surface area contributed by atoms with Crippen molar-refractivity contribution in [2.75, 3.05) is 6.61 Å². The van der Waals surface area contributed by atoms with Gasteiger partial charge in [-0.25, -0.2) is 0 Å². The summed E-state index contributed by atoms with van der Waals surface area (Å²) in [5.41, 5.74) is 2.78. The van der Waals surface area contributed by atoms with E-state index in [4.69, 9.17) is 4.74 Å². The van der Waals surface area contributed by atoms with E-state index in [1.54, 1.807) is 0 Å². The van der Waals surface area contributed by atoms with Crippen LogP contribution in [0.4, 0.5) is 0 Å². The minimum atomic E-state index is 0.432. The van der Waals surface area contributed by atoms with E-state index in [2.05, 4.69) is 44.3 Å². The number of hydrogen-bond acceptors (Lipinski definition) is 2. The second-order valence-corrected chi connectivity index (χ2v) is 6.86. The molecule has 1 heterocycles. The predicted molar refractivity (Wildman–Crippen MR) is 83.2 cm³/mol. The van der Waals surface area contributed by atoms with Gasteiger partial charge in [0.25, 0.3) is 0 Å². The first-order chi connectivity index (χ1) is 9.63. The highest BCUT2D eigenvalue weighted by Crippen LogP contribution is 2.32. The van der Waals surface area contributed by atoms with Crippen molar-refractivity contribution < 1.29 is 4.74 Å². The first kappa shape index (κ1) is 13.9. The molecule has 1 aliphatic heterocycles. The van der Waals surface area contributed by atoms with Gasteiger partial charge < -0.3 is 10.1 Å². The molecule has 110 valence electrons. The molecule has 0 radical (unpaired) electrons. The van der Waals surface area contributed by atoms with E-state index in [0.717, 1.165) is 30.6 Å². The first-order valence-electron chi connectivity index (χ1n) is 8.15. The van der Waals surface area contributed by atoms with Crippen LogP contribution in [0.15, 0.2) is 18.2 Å². The van der Waals surface area contributed by atoms with Gasteiger partial charge in [0.15, 0.2) is 0 Å².